The van der Waals surface area contributed by atoms with Crippen LogP contribution in [0, 0.1) is 5.82 Å². The molecule has 29 heavy (non-hydrogen) atoms. The number of benzene rings is 2. The highest BCUT2D eigenvalue weighted by atomic mass is 19.4. The van der Waals surface area contributed by atoms with E-state index in [1.807, 2.05) is 6.92 Å². The van der Waals surface area contributed by atoms with Crippen molar-refractivity contribution in [3.8, 4) is 0 Å². The number of piperazine rings is 1. The average molecular weight is 408 g/mol. The summed E-state index contributed by atoms with van der Waals surface area (Å²) < 4.78 is 53.5. The molecule has 0 saturated carbocycles. The number of hydrogen-bond donors (Lipinski definition) is 0. The van der Waals surface area contributed by atoms with Crippen LogP contribution in [0.1, 0.15) is 44.4 Å². The van der Waals surface area contributed by atoms with Crippen molar-refractivity contribution < 1.29 is 17.6 Å². The van der Waals surface area contributed by atoms with Gasteiger partial charge in [0.2, 0.25) is 0 Å². The van der Waals surface area contributed by atoms with Gasteiger partial charge in [0.25, 0.3) is 0 Å². The Hall–Kier alpha value is -2.08. The van der Waals surface area contributed by atoms with Crippen LogP contribution in [0.3, 0.4) is 0 Å². The summed E-state index contributed by atoms with van der Waals surface area (Å²) in [5.74, 6) is -0.869. The minimum atomic E-state index is -4.58. The third-order valence-corrected chi connectivity index (χ3v) is 5.58. The van der Waals surface area contributed by atoms with E-state index in [1.165, 1.54) is 17.2 Å². The molecule has 1 aliphatic heterocycles. The second-order valence-corrected chi connectivity index (χ2v) is 8.87. The van der Waals surface area contributed by atoms with E-state index in [2.05, 4.69) is 49.9 Å². The molecular formula is C23H28F4N2. The summed E-state index contributed by atoms with van der Waals surface area (Å²) in [6.45, 7) is 10.9. The Kier molecular flexibility index (Phi) is 5.95. The average Bonchev–Trinajstić information content (AvgIpc) is 2.62. The van der Waals surface area contributed by atoms with Gasteiger partial charge in [0.1, 0.15) is 5.82 Å². The first-order valence-electron chi connectivity index (χ1n) is 9.90. The fourth-order valence-electron chi connectivity index (χ4n) is 3.80. The number of nitrogens with zero attached hydrogens (tertiary/aromatic N) is 2. The molecule has 6 heteroatoms. The Morgan fingerprint density at radius 1 is 0.966 bits per heavy atom. The summed E-state index contributed by atoms with van der Waals surface area (Å²) in [5.41, 5.74) is 1.71. The van der Waals surface area contributed by atoms with Crippen LogP contribution in [0.5, 0.6) is 0 Å². The second-order valence-electron chi connectivity index (χ2n) is 8.87. The fraction of sp³-hybridized carbons (Fsp3) is 0.478. The van der Waals surface area contributed by atoms with Crippen LogP contribution in [-0.4, -0.2) is 30.6 Å². The quantitative estimate of drug-likeness (QED) is 0.588. The third kappa shape index (κ3) is 5.10. The van der Waals surface area contributed by atoms with E-state index in [1.54, 1.807) is 4.90 Å². The van der Waals surface area contributed by atoms with Gasteiger partial charge in [0.05, 0.1) is 5.56 Å². The molecule has 0 bridgehead atoms. The predicted octanol–water partition coefficient (Wildman–Crippen LogP) is 5.85. The van der Waals surface area contributed by atoms with Crippen LogP contribution in [-0.2, 0) is 18.1 Å². The standard InChI is InChI=1S/C23H28F4N2/c1-16-14-29(21-10-9-19(24)13-20(21)23(25,26)27)12-11-28(16)15-17-5-7-18(8-6-17)22(2,3)4/h5-10,13,16H,11-12,14-15H2,1-4H3/t16-/m1/s1. The van der Waals surface area contributed by atoms with Gasteiger partial charge in [-0.2, -0.15) is 13.2 Å². The van der Waals surface area contributed by atoms with Gasteiger partial charge < -0.3 is 4.90 Å². The summed E-state index contributed by atoms with van der Waals surface area (Å²) in [5, 5.41) is 0. The van der Waals surface area contributed by atoms with Crippen LogP contribution in [0.2, 0.25) is 0 Å². The minimum absolute atomic E-state index is 0.0555. The van der Waals surface area contributed by atoms with Crippen molar-refractivity contribution in [2.75, 3.05) is 24.5 Å². The summed E-state index contributed by atoms with van der Waals surface area (Å²) in [7, 11) is 0. The molecule has 0 aliphatic carbocycles. The van der Waals surface area contributed by atoms with E-state index in [-0.39, 0.29) is 17.1 Å². The lowest BCUT2D eigenvalue weighted by molar-refractivity contribution is -0.137. The largest absolute Gasteiger partial charge is 0.418 e. The topological polar surface area (TPSA) is 6.48 Å². The Labute approximate surface area is 170 Å². The molecule has 1 aliphatic rings. The molecule has 158 valence electrons. The molecule has 3 rings (SSSR count). The molecule has 0 radical (unpaired) electrons. The summed E-state index contributed by atoms with van der Waals surface area (Å²) in [6, 6.07) is 11.5. The fourth-order valence-corrected chi connectivity index (χ4v) is 3.80. The lowest BCUT2D eigenvalue weighted by atomic mass is 9.86. The van der Waals surface area contributed by atoms with Crippen LogP contribution >= 0.6 is 0 Å². The van der Waals surface area contributed by atoms with Crippen LogP contribution in [0.25, 0.3) is 0 Å². The molecule has 2 aromatic rings. The van der Waals surface area contributed by atoms with Crippen LogP contribution in [0.15, 0.2) is 42.5 Å². The van der Waals surface area contributed by atoms with Gasteiger partial charge >= 0.3 is 6.18 Å². The SMILES string of the molecule is C[C@@H]1CN(c2ccc(F)cc2C(F)(F)F)CCN1Cc1ccc(C(C)(C)C)cc1. The molecule has 0 N–H and O–H groups in total. The summed E-state index contributed by atoms with van der Waals surface area (Å²) >= 11 is 0. The highest BCUT2D eigenvalue weighted by molar-refractivity contribution is 5.55. The summed E-state index contributed by atoms with van der Waals surface area (Å²) in [6.07, 6.45) is -4.58. The normalized spacial score (nSPS) is 18.9. The maximum absolute atomic E-state index is 13.4. The molecule has 1 atom stereocenters. The van der Waals surface area contributed by atoms with Crippen molar-refractivity contribution in [3.05, 3.63) is 65.0 Å². The first kappa shape index (κ1) is 21.6. The number of alkyl halides is 3. The molecule has 1 heterocycles. The van der Waals surface area contributed by atoms with Gasteiger partial charge in [0.15, 0.2) is 0 Å². The number of halogens is 4. The van der Waals surface area contributed by atoms with Gasteiger partial charge in [0, 0.05) is 37.9 Å². The second kappa shape index (κ2) is 7.98. The Morgan fingerprint density at radius 2 is 1.62 bits per heavy atom. The van der Waals surface area contributed by atoms with Crippen LogP contribution in [0.4, 0.5) is 23.2 Å². The third-order valence-electron chi connectivity index (χ3n) is 5.58. The first-order chi connectivity index (χ1) is 13.4. The van der Waals surface area contributed by atoms with Gasteiger partial charge in [-0.25, -0.2) is 4.39 Å². The van der Waals surface area contributed by atoms with E-state index >= 15 is 0 Å². The monoisotopic (exact) mass is 408 g/mol. The maximum Gasteiger partial charge on any atom is 0.418 e. The van der Waals surface area contributed by atoms with Gasteiger partial charge in [-0.1, -0.05) is 45.0 Å². The zero-order valence-electron chi connectivity index (χ0n) is 17.4. The van der Waals surface area contributed by atoms with Crippen molar-refractivity contribution in [1.29, 1.82) is 0 Å². The number of anilines is 1. The van der Waals surface area contributed by atoms with Gasteiger partial charge in [-0.3, -0.25) is 4.90 Å². The van der Waals surface area contributed by atoms with Crippen molar-refractivity contribution in [1.82, 2.24) is 4.90 Å². The Morgan fingerprint density at radius 3 is 2.17 bits per heavy atom. The highest BCUT2D eigenvalue weighted by Crippen LogP contribution is 2.38. The Balaban J connectivity index is 1.70. The number of rotatable bonds is 3. The zero-order chi connectivity index (χ0) is 21.4. The molecule has 0 spiro atoms. The molecule has 2 aromatic carbocycles. The maximum atomic E-state index is 13.4. The van der Waals surface area contributed by atoms with Crippen molar-refractivity contribution in [2.24, 2.45) is 0 Å². The molecule has 0 amide bonds. The summed E-state index contributed by atoms with van der Waals surface area (Å²) in [4.78, 5) is 3.99. The van der Waals surface area contributed by atoms with E-state index in [4.69, 9.17) is 0 Å². The van der Waals surface area contributed by atoms with Gasteiger partial charge in [-0.05, 0) is 41.7 Å². The lowest BCUT2D eigenvalue weighted by Crippen LogP contribution is -2.51. The van der Waals surface area contributed by atoms with Crippen LogP contribution < -0.4 is 4.90 Å². The minimum Gasteiger partial charge on any atom is -0.368 e. The molecule has 0 unspecified atom stereocenters. The van der Waals surface area contributed by atoms with Crippen molar-refractivity contribution in [2.45, 2.75) is 51.9 Å². The molecular weight excluding hydrogens is 380 g/mol. The smallest absolute Gasteiger partial charge is 0.368 e. The number of hydrogen-bond acceptors (Lipinski definition) is 2. The zero-order valence-corrected chi connectivity index (χ0v) is 17.4. The van der Waals surface area contributed by atoms with Gasteiger partial charge in [-0.15, -0.1) is 0 Å². The van der Waals surface area contributed by atoms with E-state index < -0.39 is 17.6 Å². The molecule has 0 aromatic heterocycles. The van der Waals surface area contributed by atoms with E-state index in [9.17, 15) is 17.6 Å². The Bertz CT molecular complexity index is 837. The predicted molar refractivity (Wildman–Crippen MR) is 109 cm³/mol. The van der Waals surface area contributed by atoms with Crippen molar-refractivity contribution >= 4 is 5.69 Å². The first-order valence-corrected chi connectivity index (χ1v) is 9.90. The van der Waals surface area contributed by atoms with Crippen molar-refractivity contribution in [3.63, 3.8) is 0 Å². The van der Waals surface area contributed by atoms with E-state index in [0.717, 1.165) is 12.6 Å². The molecule has 1 fully saturated rings. The molecule has 1 saturated heterocycles. The molecule has 2 nitrogen and oxygen atoms in total. The van der Waals surface area contributed by atoms with E-state index in [0.29, 0.717) is 25.7 Å². The highest BCUT2D eigenvalue weighted by Gasteiger charge is 2.36. The lowest BCUT2D eigenvalue weighted by Gasteiger charge is -2.41.